The zero-order valence-electron chi connectivity index (χ0n) is 21.6. The molecule has 0 amide bonds. The van der Waals surface area contributed by atoms with Crippen LogP contribution in [0.15, 0.2) is 43.0 Å². The van der Waals surface area contributed by atoms with Crippen LogP contribution in [-0.2, 0) is 30.6 Å². The monoisotopic (exact) mass is 604 g/mol. The zero-order chi connectivity index (χ0) is 29.2. The van der Waals surface area contributed by atoms with E-state index in [1.54, 1.807) is 44.2 Å². The molecule has 1 aromatic carbocycles. The van der Waals surface area contributed by atoms with Gasteiger partial charge in [0, 0.05) is 0 Å². The van der Waals surface area contributed by atoms with Crippen molar-refractivity contribution in [2.24, 2.45) is 0 Å². The Bertz CT molecular complexity index is 1390. The summed E-state index contributed by atoms with van der Waals surface area (Å²) in [4.78, 5) is 24.2. The fourth-order valence-electron chi connectivity index (χ4n) is 3.93. The second-order valence-electron chi connectivity index (χ2n) is 9.25. The summed E-state index contributed by atoms with van der Waals surface area (Å²) in [6, 6.07) is 7.00. The predicted octanol–water partition coefficient (Wildman–Crippen LogP) is 2.89. The second-order valence-corrected chi connectivity index (χ2v) is 12.4. The molecule has 0 bridgehead atoms. The Balaban J connectivity index is 1.62. The molecule has 17 heteroatoms. The van der Waals surface area contributed by atoms with Gasteiger partial charge in [0.1, 0.15) is 29.7 Å². The van der Waals surface area contributed by atoms with Crippen LogP contribution in [0.25, 0.3) is 11.2 Å². The number of hydrogen-bond acceptors (Lipinski definition) is 11. The van der Waals surface area contributed by atoms with Gasteiger partial charge < -0.3 is 29.4 Å². The Morgan fingerprint density at radius 3 is 2.62 bits per heavy atom. The van der Waals surface area contributed by atoms with E-state index in [0.717, 1.165) is 17.2 Å². The number of anilines is 1. The third kappa shape index (κ3) is 6.06. The fourth-order valence-corrected chi connectivity index (χ4v) is 6.36. The van der Waals surface area contributed by atoms with E-state index in [1.165, 1.54) is 6.92 Å². The Kier molecular flexibility index (Phi) is 8.97. The van der Waals surface area contributed by atoms with Crippen molar-refractivity contribution in [3.05, 3.63) is 43.0 Å². The molecule has 1 aliphatic rings. The van der Waals surface area contributed by atoms with Crippen LogP contribution in [0.4, 0.5) is 19.0 Å². The average molecular weight is 605 g/mol. The van der Waals surface area contributed by atoms with Gasteiger partial charge in [0.15, 0.2) is 29.5 Å². The molecule has 0 saturated carbocycles. The predicted molar refractivity (Wildman–Crippen MR) is 141 cm³/mol. The van der Waals surface area contributed by atoms with Gasteiger partial charge in [0.25, 0.3) is 6.43 Å². The quantitative estimate of drug-likeness (QED) is 0.218. The molecule has 218 valence electrons. The van der Waals surface area contributed by atoms with Crippen LogP contribution in [-0.4, -0.2) is 73.6 Å². The standard InChI is InChI=1S/C23H28F3N6O6PS/c1-12(2)36-21(34)13(3)31-39(40,38-14-7-5-4-6-8-14)35-9-23(22(25)26)17(33)15(24)20(37-23)32-11-30-16-18(27)28-10-29-19(16)32/h4-8,10-13,15,17,20,22,33H,9H2,1-3H3,(H,31,40)(H2,27,28,29)/t13-,15+,17-,20+,23+,39?/m0/s1. The molecular formula is C23H28F3N6O6PS. The molecule has 0 aliphatic carbocycles. The number of hydrogen-bond donors (Lipinski definition) is 3. The maximum atomic E-state index is 15.4. The van der Waals surface area contributed by atoms with E-state index in [1.807, 2.05) is 0 Å². The third-order valence-corrected chi connectivity index (χ3v) is 8.41. The van der Waals surface area contributed by atoms with Crippen molar-refractivity contribution in [1.29, 1.82) is 0 Å². The molecule has 4 N–H and O–H groups in total. The Labute approximate surface area is 232 Å². The number of nitrogens with zero attached hydrogens (tertiary/aromatic N) is 4. The van der Waals surface area contributed by atoms with E-state index in [2.05, 4.69) is 20.0 Å². The number of para-hydroxylation sites is 1. The largest absolute Gasteiger partial charge is 0.462 e. The molecule has 0 spiro atoms. The van der Waals surface area contributed by atoms with Crippen molar-refractivity contribution >= 4 is 41.4 Å². The number of carbonyl (C=O) groups is 1. The lowest BCUT2D eigenvalue weighted by atomic mass is 9.97. The minimum Gasteiger partial charge on any atom is -0.462 e. The third-order valence-electron chi connectivity index (χ3n) is 5.93. The number of aromatic nitrogens is 4. The van der Waals surface area contributed by atoms with E-state index in [0.29, 0.717) is 0 Å². The molecule has 1 aliphatic heterocycles. The summed E-state index contributed by atoms with van der Waals surface area (Å²) in [6.45, 7) is -0.196. The van der Waals surface area contributed by atoms with Gasteiger partial charge in [-0.2, -0.15) is 0 Å². The molecule has 40 heavy (non-hydrogen) atoms. The second kappa shape index (κ2) is 11.9. The van der Waals surface area contributed by atoms with E-state index in [4.69, 9.17) is 36.1 Å². The highest BCUT2D eigenvalue weighted by Crippen LogP contribution is 2.50. The number of alkyl halides is 3. The first-order valence-electron chi connectivity index (χ1n) is 12.1. The number of aliphatic hydroxyl groups excluding tert-OH is 1. The molecule has 1 fully saturated rings. The summed E-state index contributed by atoms with van der Waals surface area (Å²) in [6.07, 6.45) is -8.19. The summed E-state index contributed by atoms with van der Waals surface area (Å²) in [5, 5.41) is 13.4. The smallest absolute Gasteiger partial charge is 0.323 e. The number of halogens is 3. The molecule has 1 saturated heterocycles. The van der Waals surface area contributed by atoms with Gasteiger partial charge in [-0.1, -0.05) is 18.2 Å². The van der Waals surface area contributed by atoms with Gasteiger partial charge in [-0.3, -0.25) is 9.36 Å². The van der Waals surface area contributed by atoms with Crippen molar-refractivity contribution in [2.75, 3.05) is 12.3 Å². The minimum absolute atomic E-state index is 0.00928. The van der Waals surface area contributed by atoms with Gasteiger partial charge >= 0.3 is 12.6 Å². The van der Waals surface area contributed by atoms with E-state index >= 15 is 4.39 Å². The highest BCUT2D eigenvalue weighted by atomic mass is 32.5. The van der Waals surface area contributed by atoms with Crippen molar-refractivity contribution in [3.63, 3.8) is 0 Å². The number of rotatable bonds is 11. The molecular weight excluding hydrogens is 576 g/mol. The van der Waals surface area contributed by atoms with E-state index < -0.39 is 61.9 Å². The van der Waals surface area contributed by atoms with Crippen LogP contribution in [0.2, 0.25) is 0 Å². The average Bonchev–Trinajstić information content (AvgIpc) is 3.43. The first-order chi connectivity index (χ1) is 18.9. The molecule has 3 heterocycles. The number of nitrogens with two attached hydrogens (primary N) is 1. The Hall–Kier alpha value is -2.88. The van der Waals surface area contributed by atoms with E-state index in [9.17, 15) is 18.7 Å². The molecule has 1 unspecified atom stereocenters. The number of nitrogen functional groups attached to an aromatic ring is 1. The summed E-state index contributed by atoms with van der Waals surface area (Å²) in [5.41, 5.74) is 2.99. The highest BCUT2D eigenvalue weighted by Gasteiger charge is 2.62. The first kappa shape index (κ1) is 30.1. The minimum atomic E-state index is -3.82. The number of imidazole rings is 1. The first-order valence-corrected chi connectivity index (χ1v) is 14.7. The van der Waals surface area contributed by atoms with Crippen LogP contribution in [0.5, 0.6) is 5.75 Å². The number of nitrogens with one attached hydrogen (secondary N) is 1. The lowest BCUT2D eigenvalue weighted by Gasteiger charge is -2.34. The molecule has 3 aromatic rings. The summed E-state index contributed by atoms with van der Waals surface area (Å²) in [5.74, 6) is -0.497. The molecule has 4 rings (SSSR count). The van der Waals surface area contributed by atoms with Crippen LogP contribution < -0.4 is 15.3 Å². The van der Waals surface area contributed by atoms with Crippen LogP contribution in [0, 0.1) is 0 Å². The van der Waals surface area contributed by atoms with Crippen molar-refractivity contribution in [2.45, 2.75) is 63.4 Å². The van der Waals surface area contributed by atoms with Gasteiger partial charge in [-0.05, 0) is 44.7 Å². The molecule has 2 aromatic heterocycles. The van der Waals surface area contributed by atoms with Gasteiger partial charge in [-0.25, -0.2) is 33.2 Å². The normalized spacial score (nSPS) is 25.3. The maximum absolute atomic E-state index is 15.4. The number of fused-ring (bicyclic) bond motifs is 1. The van der Waals surface area contributed by atoms with Crippen LogP contribution >= 0.6 is 6.64 Å². The summed E-state index contributed by atoms with van der Waals surface area (Å²) >= 11 is 5.54. The Morgan fingerprint density at radius 1 is 1.27 bits per heavy atom. The summed E-state index contributed by atoms with van der Waals surface area (Å²) < 4.78 is 67.8. The van der Waals surface area contributed by atoms with Gasteiger partial charge in [0.05, 0.1) is 19.0 Å². The lowest BCUT2D eigenvalue weighted by molar-refractivity contribution is -0.191. The molecule has 12 nitrogen and oxygen atoms in total. The van der Waals surface area contributed by atoms with Crippen LogP contribution in [0.3, 0.4) is 0 Å². The number of carbonyl (C=O) groups excluding carboxylic acids is 1. The van der Waals surface area contributed by atoms with Crippen molar-refractivity contribution < 1.29 is 41.6 Å². The number of aliphatic hydroxyl groups is 1. The number of benzene rings is 1. The SMILES string of the molecule is CC(C)OC(=O)[C@H](C)NP(=S)(OC[C@@]1(C(F)F)O[C@@H](n2cnc3c(N)ncnc32)[C@H](F)[C@@H]1O)Oc1ccccc1. The molecule has 6 atom stereocenters. The van der Waals surface area contributed by atoms with Gasteiger partial charge in [-0.15, -0.1) is 0 Å². The van der Waals surface area contributed by atoms with E-state index in [-0.39, 0.29) is 22.7 Å². The summed E-state index contributed by atoms with van der Waals surface area (Å²) in [7, 11) is 0. The van der Waals surface area contributed by atoms with Crippen molar-refractivity contribution in [3.8, 4) is 5.75 Å². The highest BCUT2D eigenvalue weighted by molar-refractivity contribution is 8.09. The Morgan fingerprint density at radius 2 is 1.98 bits per heavy atom. The van der Waals surface area contributed by atoms with Crippen molar-refractivity contribution in [1.82, 2.24) is 24.6 Å². The maximum Gasteiger partial charge on any atom is 0.323 e. The lowest BCUT2D eigenvalue weighted by Crippen LogP contribution is -2.52. The molecule has 0 radical (unpaired) electrons. The number of ether oxygens (including phenoxy) is 2. The number of esters is 1. The zero-order valence-corrected chi connectivity index (χ0v) is 23.3. The fraction of sp³-hybridized carbons (Fsp3) is 0.478. The topological polar surface area (TPSA) is 156 Å². The van der Waals surface area contributed by atoms with Crippen LogP contribution in [0.1, 0.15) is 27.0 Å². The van der Waals surface area contributed by atoms with Gasteiger partial charge in [0.2, 0.25) is 0 Å².